The lowest BCUT2D eigenvalue weighted by Crippen LogP contribution is -2.32. The quantitative estimate of drug-likeness (QED) is 0.749. The van der Waals surface area contributed by atoms with Crippen LogP contribution < -0.4 is 10.1 Å². The Morgan fingerprint density at radius 3 is 2.59 bits per heavy atom. The number of hydrogen-bond acceptors (Lipinski definition) is 4. The summed E-state index contributed by atoms with van der Waals surface area (Å²) in [5.74, 6) is -0.0539. The lowest BCUT2D eigenvalue weighted by Gasteiger charge is -2.26. The van der Waals surface area contributed by atoms with Crippen molar-refractivity contribution in [2.24, 2.45) is 0 Å². The van der Waals surface area contributed by atoms with Crippen LogP contribution in [-0.4, -0.2) is 38.8 Å². The number of fused-ring (bicyclic) bond motifs is 1. The Labute approximate surface area is 172 Å². The molecule has 1 aliphatic carbocycles. The fraction of sp³-hybridized carbons (Fsp3) is 0.409. The van der Waals surface area contributed by atoms with Gasteiger partial charge in [0.2, 0.25) is 10.0 Å². The van der Waals surface area contributed by atoms with E-state index in [1.54, 1.807) is 26.0 Å². The second-order valence-corrected chi connectivity index (χ2v) is 8.98. The van der Waals surface area contributed by atoms with E-state index < -0.39 is 10.0 Å². The van der Waals surface area contributed by atoms with Crippen molar-refractivity contribution < 1.29 is 17.9 Å². The van der Waals surface area contributed by atoms with Gasteiger partial charge in [-0.15, -0.1) is 0 Å². The SMILES string of the molecule is CCN(CC)S(=O)(=O)c1cc(C(=O)NC2CCCc3ccccc32)ccc1OC. The van der Waals surface area contributed by atoms with Gasteiger partial charge in [0.1, 0.15) is 10.6 Å². The van der Waals surface area contributed by atoms with Crippen LogP contribution in [0.3, 0.4) is 0 Å². The van der Waals surface area contributed by atoms with E-state index in [0.717, 1.165) is 24.8 Å². The fourth-order valence-corrected chi connectivity index (χ4v) is 5.51. The molecule has 2 aromatic rings. The van der Waals surface area contributed by atoms with Crippen molar-refractivity contribution >= 4 is 15.9 Å². The number of rotatable bonds is 7. The molecule has 29 heavy (non-hydrogen) atoms. The molecule has 1 atom stereocenters. The van der Waals surface area contributed by atoms with Gasteiger partial charge in [-0.3, -0.25) is 4.79 Å². The summed E-state index contributed by atoms with van der Waals surface area (Å²) >= 11 is 0. The molecular weight excluding hydrogens is 388 g/mol. The average Bonchev–Trinajstić information content (AvgIpc) is 2.74. The number of amides is 1. The van der Waals surface area contributed by atoms with Crippen molar-refractivity contribution in [3.05, 3.63) is 59.2 Å². The molecule has 1 N–H and O–H groups in total. The molecule has 1 aliphatic rings. The molecule has 0 saturated carbocycles. The van der Waals surface area contributed by atoms with E-state index in [1.165, 1.54) is 23.0 Å². The van der Waals surface area contributed by atoms with Crippen LogP contribution in [0.25, 0.3) is 0 Å². The van der Waals surface area contributed by atoms with Crippen LogP contribution in [0, 0.1) is 0 Å². The van der Waals surface area contributed by atoms with Gasteiger partial charge in [0.05, 0.1) is 13.2 Å². The van der Waals surface area contributed by atoms with E-state index in [4.69, 9.17) is 4.74 Å². The Bertz CT molecular complexity index is 984. The zero-order valence-electron chi connectivity index (χ0n) is 17.1. The number of carbonyl (C=O) groups is 1. The number of sulfonamides is 1. The Hall–Kier alpha value is -2.38. The number of benzene rings is 2. The van der Waals surface area contributed by atoms with Crippen LogP contribution in [0.2, 0.25) is 0 Å². The summed E-state index contributed by atoms with van der Waals surface area (Å²) in [5, 5.41) is 3.08. The second kappa shape index (κ2) is 8.97. The van der Waals surface area contributed by atoms with Gasteiger partial charge in [0, 0.05) is 18.7 Å². The van der Waals surface area contributed by atoms with Crippen molar-refractivity contribution in [3.63, 3.8) is 0 Å². The van der Waals surface area contributed by atoms with Gasteiger partial charge < -0.3 is 10.1 Å². The molecule has 0 heterocycles. The minimum absolute atomic E-state index is 0.0143. The van der Waals surface area contributed by atoms with E-state index in [0.29, 0.717) is 18.7 Å². The Kier molecular flexibility index (Phi) is 6.59. The third-order valence-electron chi connectivity index (χ3n) is 5.42. The van der Waals surface area contributed by atoms with Crippen LogP contribution in [-0.2, 0) is 16.4 Å². The number of ether oxygens (including phenoxy) is 1. The summed E-state index contributed by atoms with van der Waals surface area (Å²) in [5.41, 5.74) is 2.69. The van der Waals surface area contributed by atoms with Crippen molar-refractivity contribution in [2.75, 3.05) is 20.2 Å². The number of nitrogens with zero attached hydrogens (tertiary/aromatic N) is 1. The molecule has 1 amide bonds. The molecule has 0 saturated heterocycles. The van der Waals surface area contributed by atoms with Crippen molar-refractivity contribution in [1.82, 2.24) is 9.62 Å². The van der Waals surface area contributed by atoms with E-state index in [-0.39, 0.29) is 22.6 Å². The molecule has 0 aliphatic heterocycles. The smallest absolute Gasteiger partial charge is 0.251 e. The van der Waals surface area contributed by atoms with Crippen LogP contribution in [0.1, 0.15) is 54.2 Å². The van der Waals surface area contributed by atoms with Gasteiger partial charge in [-0.05, 0) is 48.6 Å². The summed E-state index contributed by atoms with van der Waals surface area (Å²) in [6.07, 6.45) is 2.88. The maximum atomic E-state index is 13.0. The van der Waals surface area contributed by atoms with Gasteiger partial charge in [0.25, 0.3) is 5.91 Å². The standard InChI is InChI=1S/C22H28N2O4S/c1-4-24(5-2)29(26,27)21-15-17(13-14-20(21)28-3)22(25)23-19-12-8-10-16-9-6-7-11-18(16)19/h6-7,9,11,13-15,19H,4-5,8,10,12H2,1-3H3,(H,23,25). The van der Waals surface area contributed by atoms with Crippen LogP contribution in [0.15, 0.2) is 47.4 Å². The van der Waals surface area contributed by atoms with Gasteiger partial charge in [-0.25, -0.2) is 8.42 Å². The van der Waals surface area contributed by atoms with E-state index >= 15 is 0 Å². The first-order valence-electron chi connectivity index (χ1n) is 9.99. The van der Waals surface area contributed by atoms with E-state index in [2.05, 4.69) is 11.4 Å². The molecule has 7 heteroatoms. The molecule has 0 fully saturated rings. The summed E-state index contributed by atoms with van der Waals surface area (Å²) < 4.78 is 32.6. The zero-order valence-corrected chi connectivity index (χ0v) is 18.0. The van der Waals surface area contributed by atoms with Crippen LogP contribution >= 0.6 is 0 Å². The van der Waals surface area contributed by atoms with Gasteiger partial charge in [0.15, 0.2) is 0 Å². The summed E-state index contributed by atoms with van der Waals surface area (Å²) in [7, 11) is -2.33. The van der Waals surface area contributed by atoms with Crippen molar-refractivity contribution in [1.29, 1.82) is 0 Å². The molecule has 0 aromatic heterocycles. The molecule has 0 bridgehead atoms. The largest absolute Gasteiger partial charge is 0.495 e. The average molecular weight is 417 g/mol. The fourth-order valence-electron chi connectivity index (χ4n) is 3.87. The molecule has 1 unspecified atom stereocenters. The highest BCUT2D eigenvalue weighted by molar-refractivity contribution is 7.89. The lowest BCUT2D eigenvalue weighted by atomic mass is 9.87. The topological polar surface area (TPSA) is 75.7 Å². The highest BCUT2D eigenvalue weighted by atomic mass is 32.2. The zero-order chi connectivity index (χ0) is 21.0. The second-order valence-electron chi connectivity index (χ2n) is 7.07. The van der Waals surface area contributed by atoms with Gasteiger partial charge in [-0.2, -0.15) is 4.31 Å². The number of nitrogens with one attached hydrogen (secondary N) is 1. The monoisotopic (exact) mass is 416 g/mol. The molecule has 156 valence electrons. The van der Waals surface area contributed by atoms with Crippen LogP contribution in [0.4, 0.5) is 0 Å². The highest BCUT2D eigenvalue weighted by Gasteiger charge is 2.28. The van der Waals surface area contributed by atoms with Crippen molar-refractivity contribution in [3.8, 4) is 5.75 Å². The Balaban J connectivity index is 1.91. The highest BCUT2D eigenvalue weighted by Crippen LogP contribution is 2.31. The Morgan fingerprint density at radius 2 is 1.90 bits per heavy atom. The number of aryl methyl sites for hydroxylation is 1. The third-order valence-corrected chi connectivity index (χ3v) is 7.49. The minimum Gasteiger partial charge on any atom is -0.495 e. The minimum atomic E-state index is -3.75. The first-order chi connectivity index (χ1) is 13.9. The molecular formula is C22H28N2O4S. The van der Waals surface area contributed by atoms with Gasteiger partial charge >= 0.3 is 0 Å². The predicted octanol–water partition coefficient (Wildman–Crippen LogP) is 3.53. The first kappa shape index (κ1) is 21.3. The number of carbonyl (C=O) groups excluding carboxylic acids is 1. The summed E-state index contributed by atoms with van der Waals surface area (Å²) in [4.78, 5) is 13.0. The van der Waals surface area contributed by atoms with E-state index in [9.17, 15) is 13.2 Å². The third kappa shape index (κ3) is 4.31. The Morgan fingerprint density at radius 1 is 1.17 bits per heavy atom. The maximum absolute atomic E-state index is 13.0. The molecule has 0 spiro atoms. The molecule has 0 radical (unpaired) electrons. The number of methoxy groups -OCH3 is 1. The van der Waals surface area contributed by atoms with Gasteiger partial charge in [-0.1, -0.05) is 38.1 Å². The number of hydrogen-bond donors (Lipinski definition) is 1. The molecule has 3 rings (SSSR count). The predicted molar refractivity (Wildman–Crippen MR) is 113 cm³/mol. The lowest BCUT2D eigenvalue weighted by molar-refractivity contribution is 0.0932. The van der Waals surface area contributed by atoms with E-state index in [1.807, 2.05) is 18.2 Å². The maximum Gasteiger partial charge on any atom is 0.251 e. The molecule has 2 aromatic carbocycles. The summed E-state index contributed by atoms with van der Waals surface area (Å²) in [6, 6.07) is 12.6. The molecule has 6 nitrogen and oxygen atoms in total. The summed E-state index contributed by atoms with van der Waals surface area (Å²) in [6.45, 7) is 4.25. The normalized spacial score (nSPS) is 16.3. The first-order valence-corrected chi connectivity index (χ1v) is 11.4. The van der Waals surface area contributed by atoms with Crippen molar-refractivity contribution in [2.45, 2.75) is 44.0 Å². The van der Waals surface area contributed by atoms with Crippen LogP contribution in [0.5, 0.6) is 5.75 Å².